The number of nitriles is 1. The van der Waals surface area contributed by atoms with Gasteiger partial charge in [-0.3, -0.25) is 0 Å². The molecule has 0 aliphatic heterocycles. The Bertz CT molecular complexity index is 438. The van der Waals surface area contributed by atoms with Crippen LogP contribution in [-0.2, 0) is 4.79 Å². The first kappa shape index (κ1) is 14.6. The summed E-state index contributed by atoms with van der Waals surface area (Å²) in [7, 11) is 0. The number of rotatable bonds is 2. The van der Waals surface area contributed by atoms with Crippen LogP contribution in [0.2, 0.25) is 0 Å². The molecule has 0 bridgehead atoms. The van der Waals surface area contributed by atoms with Crippen LogP contribution in [-0.4, -0.2) is 11.1 Å². The van der Waals surface area contributed by atoms with Gasteiger partial charge in [-0.25, -0.2) is 4.79 Å². The molecule has 0 aliphatic rings. The monoisotopic (exact) mass is 227 g/mol. The number of aryl methyl sites for hydroxylation is 1. The fourth-order valence-electron chi connectivity index (χ4n) is 1.12. The Morgan fingerprint density at radius 2 is 2.27 bits per heavy atom. The number of benzene rings is 1. The van der Waals surface area contributed by atoms with Crippen LogP contribution >= 0.6 is 0 Å². The predicted octanol–water partition coefficient (Wildman–Crippen LogP) is -0.897. The fraction of sp³-hybridized carbons (Fsp3) is 0.0909. The molecular weight excluding hydrogens is 217 g/mol. The van der Waals surface area contributed by atoms with E-state index >= 15 is 0 Å². The second-order valence-corrected chi connectivity index (χ2v) is 2.88. The summed E-state index contributed by atoms with van der Waals surface area (Å²) in [4.78, 5) is 10.4. The molecule has 0 heterocycles. The summed E-state index contributed by atoms with van der Waals surface area (Å²) >= 11 is 0. The normalized spacial score (nSPS) is 10.0. The number of nitrogens with zero attached hydrogens (tertiary/aromatic N) is 1. The van der Waals surface area contributed by atoms with Crippen molar-refractivity contribution in [1.29, 1.82) is 5.26 Å². The van der Waals surface area contributed by atoms with E-state index in [1.165, 1.54) is 0 Å². The Morgan fingerprint density at radius 3 is 2.73 bits per heavy atom. The van der Waals surface area contributed by atoms with Gasteiger partial charge in [0.2, 0.25) is 0 Å². The largest absolute Gasteiger partial charge is 1.00 e. The number of carboxylic acids is 1. The number of carboxylic acid groups (broad SMARTS) is 1. The summed E-state index contributed by atoms with van der Waals surface area (Å²) in [6, 6.07) is 9.02. The molecule has 0 aromatic heterocycles. The zero-order valence-electron chi connectivity index (χ0n) is 9.69. The predicted molar refractivity (Wildman–Crippen MR) is 53.5 cm³/mol. The van der Waals surface area contributed by atoms with E-state index < -0.39 is 5.97 Å². The SMILES string of the molecule is Cc1cccc(/C(C#N)=C/C(=O)O)c1.[H-].[K+]. The van der Waals surface area contributed by atoms with E-state index in [9.17, 15) is 4.79 Å². The third-order valence-electron chi connectivity index (χ3n) is 1.72. The molecule has 0 radical (unpaired) electrons. The first-order valence-corrected chi connectivity index (χ1v) is 4.05. The van der Waals surface area contributed by atoms with Gasteiger partial charge in [0.15, 0.2) is 0 Å². The van der Waals surface area contributed by atoms with Crippen LogP contribution in [0.3, 0.4) is 0 Å². The first-order valence-electron chi connectivity index (χ1n) is 4.05. The molecule has 0 spiro atoms. The average Bonchev–Trinajstić information content (AvgIpc) is 2.14. The Morgan fingerprint density at radius 1 is 1.60 bits per heavy atom. The molecule has 1 aromatic carbocycles. The van der Waals surface area contributed by atoms with Crippen LogP contribution < -0.4 is 51.4 Å². The Balaban J connectivity index is 0. The van der Waals surface area contributed by atoms with Crippen molar-refractivity contribution < 1.29 is 62.7 Å². The van der Waals surface area contributed by atoms with Crippen LogP contribution in [0.5, 0.6) is 0 Å². The third kappa shape index (κ3) is 4.73. The minimum Gasteiger partial charge on any atom is -1.00 e. The standard InChI is InChI=1S/C11H9NO2.K.H/c1-8-3-2-4-9(5-8)10(7-12)6-11(13)14;;/h2-6H,1H3,(H,13,14);;/q;+1;-1/b10-6+;;. The minimum absolute atomic E-state index is 0. The second kappa shape index (κ2) is 6.93. The minimum atomic E-state index is -1.11. The second-order valence-electron chi connectivity index (χ2n) is 2.88. The summed E-state index contributed by atoms with van der Waals surface area (Å²) in [5.41, 5.74) is 1.80. The summed E-state index contributed by atoms with van der Waals surface area (Å²) < 4.78 is 0. The molecule has 1 aromatic rings. The molecule has 1 N–H and O–H groups in total. The Labute approximate surface area is 132 Å². The quantitative estimate of drug-likeness (QED) is 0.405. The Kier molecular flexibility index (Phi) is 6.73. The van der Waals surface area contributed by atoms with Crippen molar-refractivity contribution in [2.75, 3.05) is 0 Å². The number of hydrogen-bond donors (Lipinski definition) is 1. The third-order valence-corrected chi connectivity index (χ3v) is 1.72. The van der Waals surface area contributed by atoms with Gasteiger partial charge in [0.25, 0.3) is 0 Å². The van der Waals surface area contributed by atoms with Gasteiger partial charge in [0, 0.05) is 6.08 Å². The maximum atomic E-state index is 10.4. The van der Waals surface area contributed by atoms with E-state index in [0.717, 1.165) is 11.6 Å². The van der Waals surface area contributed by atoms with Gasteiger partial charge in [-0.15, -0.1) is 0 Å². The number of aliphatic carboxylic acids is 1. The van der Waals surface area contributed by atoms with E-state index in [1.54, 1.807) is 18.2 Å². The fourth-order valence-corrected chi connectivity index (χ4v) is 1.12. The number of hydrogen-bond acceptors (Lipinski definition) is 2. The van der Waals surface area contributed by atoms with Crippen LogP contribution in [0.1, 0.15) is 12.6 Å². The zero-order chi connectivity index (χ0) is 10.6. The van der Waals surface area contributed by atoms with Gasteiger partial charge in [-0.2, -0.15) is 5.26 Å². The summed E-state index contributed by atoms with van der Waals surface area (Å²) in [5.74, 6) is -1.11. The van der Waals surface area contributed by atoms with Crippen molar-refractivity contribution in [3.05, 3.63) is 41.5 Å². The van der Waals surface area contributed by atoms with Gasteiger partial charge in [0.05, 0.1) is 5.57 Å². The number of allylic oxidation sites excluding steroid dienone is 1. The van der Waals surface area contributed by atoms with E-state index in [-0.39, 0.29) is 58.4 Å². The molecule has 0 saturated heterocycles. The van der Waals surface area contributed by atoms with Crippen LogP contribution in [0, 0.1) is 18.3 Å². The topological polar surface area (TPSA) is 61.1 Å². The van der Waals surface area contributed by atoms with Crippen molar-refractivity contribution in [3.63, 3.8) is 0 Å². The van der Waals surface area contributed by atoms with Gasteiger partial charge in [0.1, 0.15) is 6.07 Å². The van der Waals surface area contributed by atoms with Gasteiger partial charge in [-0.05, 0) is 12.5 Å². The average molecular weight is 227 g/mol. The zero-order valence-corrected chi connectivity index (χ0v) is 11.8. The van der Waals surface area contributed by atoms with Gasteiger partial charge >= 0.3 is 57.4 Å². The summed E-state index contributed by atoms with van der Waals surface area (Å²) in [5, 5.41) is 17.3. The molecule has 0 saturated carbocycles. The first-order chi connectivity index (χ1) is 6.63. The molecule has 72 valence electrons. The van der Waals surface area contributed by atoms with Crippen LogP contribution in [0.4, 0.5) is 0 Å². The summed E-state index contributed by atoms with van der Waals surface area (Å²) in [6.45, 7) is 1.89. The molecule has 3 nitrogen and oxygen atoms in total. The number of carbonyl (C=O) groups is 1. The van der Waals surface area contributed by atoms with Crippen molar-refractivity contribution in [3.8, 4) is 6.07 Å². The maximum Gasteiger partial charge on any atom is 1.00 e. The smallest absolute Gasteiger partial charge is 1.00 e. The van der Waals surface area contributed by atoms with E-state index in [0.29, 0.717) is 5.56 Å². The molecule has 0 fully saturated rings. The molecule has 15 heavy (non-hydrogen) atoms. The Hall–Kier alpha value is -0.444. The van der Waals surface area contributed by atoms with Gasteiger partial charge in [-0.1, -0.05) is 29.8 Å². The van der Waals surface area contributed by atoms with Crippen molar-refractivity contribution in [1.82, 2.24) is 0 Å². The molecule has 0 aliphatic carbocycles. The molecule has 0 amide bonds. The van der Waals surface area contributed by atoms with Gasteiger partial charge < -0.3 is 6.53 Å². The molecule has 0 atom stereocenters. The molecule has 4 heteroatoms. The van der Waals surface area contributed by atoms with E-state index in [2.05, 4.69) is 0 Å². The van der Waals surface area contributed by atoms with Crippen molar-refractivity contribution in [2.24, 2.45) is 0 Å². The van der Waals surface area contributed by atoms with Crippen molar-refractivity contribution >= 4 is 11.5 Å². The molecule has 0 unspecified atom stereocenters. The molecular formula is C11H10KNO2. The van der Waals surface area contributed by atoms with E-state index in [4.69, 9.17) is 10.4 Å². The van der Waals surface area contributed by atoms with Crippen LogP contribution in [0.25, 0.3) is 5.57 Å². The maximum absolute atomic E-state index is 10.4. The van der Waals surface area contributed by atoms with E-state index in [1.807, 2.05) is 19.1 Å². The molecule has 1 rings (SSSR count). The van der Waals surface area contributed by atoms with Crippen LogP contribution in [0.15, 0.2) is 30.3 Å². The van der Waals surface area contributed by atoms with Crippen molar-refractivity contribution in [2.45, 2.75) is 6.92 Å². The summed E-state index contributed by atoms with van der Waals surface area (Å²) in [6.07, 6.45) is 0.911.